The molecule has 0 aromatic carbocycles. The molecule has 0 spiro atoms. The smallest absolute Gasteiger partial charge is 0.255 e. The third kappa shape index (κ3) is 4.53. The molecule has 0 bridgehead atoms. The topological polar surface area (TPSA) is 68.1 Å². The molecule has 160 valence electrons. The first-order valence-corrected chi connectivity index (χ1v) is 10.6. The molecule has 2 heterocycles. The zero-order valence-corrected chi connectivity index (χ0v) is 18.7. The number of pyridine rings is 1. The minimum absolute atomic E-state index is 0.0479. The molecule has 0 fully saturated rings. The predicted molar refractivity (Wildman–Crippen MR) is 118 cm³/mol. The number of hydrogen-bond acceptors (Lipinski definition) is 4. The van der Waals surface area contributed by atoms with Crippen LogP contribution in [0.3, 0.4) is 0 Å². The van der Waals surface area contributed by atoms with Gasteiger partial charge < -0.3 is 4.90 Å². The molecule has 0 N–H and O–H groups in total. The third-order valence-corrected chi connectivity index (χ3v) is 5.40. The fourth-order valence-corrected chi connectivity index (χ4v) is 4.12. The molecule has 0 aliphatic heterocycles. The van der Waals surface area contributed by atoms with Crippen LogP contribution in [0.15, 0.2) is 31.0 Å². The lowest BCUT2D eigenvalue weighted by molar-refractivity contribution is 0.0778. The molecule has 0 atom stereocenters. The van der Waals surface area contributed by atoms with Crippen molar-refractivity contribution in [1.82, 2.24) is 19.7 Å². The number of aromatic nitrogens is 3. The van der Waals surface area contributed by atoms with Gasteiger partial charge in [-0.05, 0) is 42.7 Å². The molecule has 6 heteroatoms. The number of amides is 1. The quantitative estimate of drug-likeness (QED) is 0.642. The summed E-state index contributed by atoms with van der Waals surface area (Å²) >= 11 is 0. The SMILES string of the molecule is C=CCCc1nn(-c2ccc(C(=O)N(C)CC(C)C)cn2)c2c1C(=O)CC(C)(C)C2. The number of ketones is 1. The molecule has 30 heavy (non-hydrogen) atoms. The van der Waals surface area contributed by atoms with E-state index in [0.717, 1.165) is 29.8 Å². The predicted octanol–water partition coefficient (Wildman–Crippen LogP) is 4.27. The Bertz CT molecular complexity index is 954. The summed E-state index contributed by atoms with van der Waals surface area (Å²) in [5, 5.41) is 4.75. The number of rotatable bonds is 7. The molecule has 0 saturated heterocycles. The molecule has 1 aliphatic rings. The molecule has 2 aromatic heterocycles. The van der Waals surface area contributed by atoms with Crippen LogP contribution in [0, 0.1) is 11.3 Å². The van der Waals surface area contributed by atoms with Gasteiger partial charge in [0.1, 0.15) is 0 Å². The highest BCUT2D eigenvalue weighted by Gasteiger charge is 2.36. The second kappa shape index (κ2) is 8.54. The van der Waals surface area contributed by atoms with E-state index >= 15 is 0 Å². The largest absolute Gasteiger partial charge is 0.341 e. The van der Waals surface area contributed by atoms with Crippen LogP contribution in [0.2, 0.25) is 0 Å². The summed E-state index contributed by atoms with van der Waals surface area (Å²) in [6.45, 7) is 12.9. The third-order valence-electron chi connectivity index (χ3n) is 5.40. The lowest BCUT2D eigenvalue weighted by atomic mass is 9.75. The summed E-state index contributed by atoms with van der Waals surface area (Å²) < 4.78 is 1.79. The zero-order valence-electron chi connectivity index (χ0n) is 18.7. The van der Waals surface area contributed by atoms with Gasteiger partial charge in [0.25, 0.3) is 5.91 Å². The van der Waals surface area contributed by atoms with Gasteiger partial charge in [-0.15, -0.1) is 6.58 Å². The van der Waals surface area contributed by atoms with E-state index in [-0.39, 0.29) is 17.1 Å². The summed E-state index contributed by atoms with van der Waals surface area (Å²) in [7, 11) is 1.81. The van der Waals surface area contributed by atoms with E-state index in [9.17, 15) is 9.59 Å². The highest BCUT2D eigenvalue weighted by molar-refractivity contribution is 6.00. The van der Waals surface area contributed by atoms with Gasteiger partial charge in [0.05, 0.1) is 22.5 Å². The van der Waals surface area contributed by atoms with Crippen LogP contribution < -0.4 is 0 Å². The van der Waals surface area contributed by atoms with Crippen LogP contribution in [0.1, 0.15) is 72.6 Å². The van der Waals surface area contributed by atoms with Crippen LogP contribution in [0.25, 0.3) is 5.82 Å². The molecule has 1 amide bonds. The van der Waals surface area contributed by atoms with Gasteiger partial charge in [0.15, 0.2) is 11.6 Å². The van der Waals surface area contributed by atoms with Crippen LogP contribution in [-0.4, -0.2) is 44.9 Å². The normalized spacial score (nSPS) is 15.2. The second-order valence-electron chi connectivity index (χ2n) is 9.43. The average molecular weight is 409 g/mol. The van der Waals surface area contributed by atoms with Crippen LogP contribution in [0.4, 0.5) is 0 Å². The van der Waals surface area contributed by atoms with E-state index in [1.54, 1.807) is 28.9 Å². The molecule has 0 radical (unpaired) electrons. The standard InChI is InChI=1S/C24H32N4O2/c1-7-8-9-18-22-19(12-24(4,5)13-20(22)29)28(26-18)21-11-10-17(14-25-21)23(30)27(6)15-16(2)3/h7,10-11,14,16H,1,8-9,12-13,15H2,2-6H3. The first-order valence-electron chi connectivity index (χ1n) is 10.6. The van der Waals surface area contributed by atoms with E-state index in [0.29, 0.717) is 36.7 Å². The minimum Gasteiger partial charge on any atom is -0.341 e. The Labute approximate surface area is 179 Å². The average Bonchev–Trinajstić information content (AvgIpc) is 3.02. The minimum atomic E-state index is -0.118. The van der Waals surface area contributed by atoms with E-state index in [4.69, 9.17) is 5.10 Å². The van der Waals surface area contributed by atoms with Crippen LogP contribution >= 0.6 is 0 Å². The first kappa shape index (κ1) is 21.9. The maximum atomic E-state index is 12.9. The summed E-state index contributed by atoms with van der Waals surface area (Å²) in [5.74, 6) is 1.13. The number of hydrogen-bond donors (Lipinski definition) is 0. The summed E-state index contributed by atoms with van der Waals surface area (Å²) in [6.07, 6.45) is 6.17. The van der Waals surface area contributed by atoms with Crippen molar-refractivity contribution in [1.29, 1.82) is 0 Å². The van der Waals surface area contributed by atoms with Gasteiger partial charge in [-0.1, -0.05) is 33.8 Å². The Balaban J connectivity index is 1.97. The van der Waals surface area contributed by atoms with Gasteiger partial charge in [-0.25, -0.2) is 9.67 Å². The van der Waals surface area contributed by atoms with Crippen molar-refractivity contribution < 1.29 is 9.59 Å². The Morgan fingerprint density at radius 2 is 2.07 bits per heavy atom. The number of carbonyl (C=O) groups excluding carboxylic acids is 2. The second-order valence-corrected chi connectivity index (χ2v) is 9.43. The maximum absolute atomic E-state index is 12.9. The molecule has 6 nitrogen and oxygen atoms in total. The van der Waals surface area contributed by atoms with Crippen LogP contribution in [0.5, 0.6) is 0 Å². The Morgan fingerprint density at radius 1 is 1.33 bits per heavy atom. The summed E-state index contributed by atoms with van der Waals surface area (Å²) in [4.78, 5) is 31.7. The number of fused-ring (bicyclic) bond motifs is 1. The zero-order chi connectivity index (χ0) is 22.1. The van der Waals surface area contributed by atoms with Crippen molar-refractivity contribution in [2.24, 2.45) is 11.3 Å². The number of Topliss-reactive ketones (excluding diaryl/α,β-unsaturated/α-hetero) is 1. The number of aryl methyl sites for hydroxylation is 1. The van der Waals surface area contributed by atoms with Gasteiger partial charge >= 0.3 is 0 Å². The molecule has 0 saturated carbocycles. The Morgan fingerprint density at radius 3 is 2.67 bits per heavy atom. The molecule has 3 rings (SSSR count). The van der Waals surface area contributed by atoms with Crippen molar-refractivity contribution in [2.75, 3.05) is 13.6 Å². The maximum Gasteiger partial charge on any atom is 0.255 e. The fourth-order valence-electron chi connectivity index (χ4n) is 4.12. The fraction of sp³-hybridized carbons (Fsp3) is 0.500. The first-order chi connectivity index (χ1) is 14.1. The molecular formula is C24H32N4O2. The van der Waals surface area contributed by atoms with Gasteiger partial charge in [-0.2, -0.15) is 5.10 Å². The lowest BCUT2D eigenvalue weighted by Crippen LogP contribution is -2.30. The van der Waals surface area contributed by atoms with E-state index in [1.807, 2.05) is 12.1 Å². The van der Waals surface area contributed by atoms with Gasteiger partial charge in [0.2, 0.25) is 0 Å². The van der Waals surface area contributed by atoms with E-state index in [2.05, 4.69) is 39.3 Å². The molecule has 0 unspecified atom stereocenters. The Hall–Kier alpha value is -2.76. The van der Waals surface area contributed by atoms with E-state index < -0.39 is 0 Å². The summed E-state index contributed by atoms with van der Waals surface area (Å²) in [6, 6.07) is 3.60. The van der Waals surface area contributed by atoms with E-state index in [1.165, 1.54) is 0 Å². The lowest BCUT2D eigenvalue weighted by Gasteiger charge is -2.29. The van der Waals surface area contributed by atoms with Crippen molar-refractivity contribution in [3.8, 4) is 5.82 Å². The highest BCUT2D eigenvalue weighted by Crippen LogP contribution is 2.37. The van der Waals surface area contributed by atoms with Crippen molar-refractivity contribution in [2.45, 2.75) is 53.4 Å². The number of carbonyl (C=O) groups is 2. The Kier molecular flexibility index (Phi) is 6.25. The van der Waals surface area contributed by atoms with Gasteiger partial charge in [0, 0.05) is 26.2 Å². The van der Waals surface area contributed by atoms with Crippen molar-refractivity contribution in [3.05, 3.63) is 53.5 Å². The molecule has 1 aliphatic carbocycles. The number of allylic oxidation sites excluding steroid dienone is 1. The molecule has 2 aromatic rings. The highest BCUT2D eigenvalue weighted by atomic mass is 16.2. The van der Waals surface area contributed by atoms with Crippen molar-refractivity contribution in [3.63, 3.8) is 0 Å². The molecular weight excluding hydrogens is 376 g/mol. The van der Waals surface area contributed by atoms with Crippen LogP contribution in [-0.2, 0) is 12.8 Å². The monoisotopic (exact) mass is 408 g/mol. The van der Waals surface area contributed by atoms with Crippen molar-refractivity contribution >= 4 is 11.7 Å². The summed E-state index contributed by atoms with van der Waals surface area (Å²) in [5.41, 5.74) is 2.90. The number of nitrogens with zero attached hydrogens (tertiary/aromatic N) is 4. The van der Waals surface area contributed by atoms with Gasteiger partial charge in [-0.3, -0.25) is 9.59 Å².